The molecule has 1 aromatic heterocycles. The van der Waals surface area contributed by atoms with Crippen LogP contribution in [0.1, 0.15) is 12.1 Å². The number of hydrogen-bond donors (Lipinski definition) is 1. The van der Waals surface area contributed by atoms with Crippen molar-refractivity contribution in [2.24, 2.45) is 7.05 Å². The van der Waals surface area contributed by atoms with Crippen molar-refractivity contribution in [2.45, 2.75) is 6.42 Å². The maximum absolute atomic E-state index is 10.1. The minimum absolute atomic E-state index is 0.134. The van der Waals surface area contributed by atoms with E-state index in [1.165, 1.54) is 0 Å². The molecule has 4 heteroatoms. The topological polar surface area (TPSA) is 55.1 Å². The molecule has 1 rings (SSSR count). The highest BCUT2D eigenvalue weighted by Crippen LogP contribution is 1.92. The molecule has 0 bridgehead atoms. The zero-order valence-electron chi connectivity index (χ0n) is 6.61. The normalized spacial score (nSPS) is 8.75. The number of aromatic nitrogens is 2. The molecule has 1 aromatic rings. The molecular formula is C8H8N2O2. The number of rotatable bonds is 1. The molecule has 0 aliphatic rings. The second kappa shape index (κ2) is 3.58. The fourth-order valence-corrected chi connectivity index (χ4v) is 0.707. The van der Waals surface area contributed by atoms with Crippen molar-refractivity contribution >= 4 is 5.97 Å². The molecule has 0 aliphatic carbocycles. The number of hydrogen-bond acceptors (Lipinski definition) is 2. The SMILES string of the molecule is Cn1nccc1C#CCC(=O)O. The van der Waals surface area contributed by atoms with E-state index in [-0.39, 0.29) is 6.42 Å². The molecule has 0 saturated carbocycles. The number of nitrogens with zero attached hydrogens (tertiary/aromatic N) is 2. The van der Waals surface area contributed by atoms with Crippen LogP contribution in [0.15, 0.2) is 12.3 Å². The van der Waals surface area contributed by atoms with Gasteiger partial charge in [0.05, 0.1) is 6.20 Å². The third kappa shape index (κ3) is 2.13. The summed E-state index contributed by atoms with van der Waals surface area (Å²) in [5.41, 5.74) is 0.719. The molecule has 0 radical (unpaired) electrons. The van der Waals surface area contributed by atoms with Gasteiger partial charge in [-0.15, -0.1) is 0 Å². The Balaban J connectivity index is 2.67. The first-order valence-electron chi connectivity index (χ1n) is 3.39. The van der Waals surface area contributed by atoms with Crippen molar-refractivity contribution in [3.63, 3.8) is 0 Å². The zero-order valence-corrected chi connectivity index (χ0v) is 6.61. The number of aliphatic carboxylic acids is 1. The molecule has 0 fully saturated rings. The fraction of sp³-hybridized carbons (Fsp3) is 0.250. The maximum Gasteiger partial charge on any atom is 0.315 e. The monoisotopic (exact) mass is 164 g/mol. The van der Waals surface area contributed by atoms with Gasteiger partial charge in [-0.1, -0.05) is 5.92 Å². The van der Waals surface area contributed by atoms with E-state index in [4.69, 9.17) is 5.11 Å². The minimum atomic E-state index is -0.912. The molecule has 0 saturated heterocycles. The first-order chi connectivity index (χ1) is 5.70. The van der Waals surface area contributed by atoms with Gasteiger partial charge in [-0.3, -0.25) is 9.48 Å². The lowest BCUT2D eigenvalue weighted by molar-refractivity contribution is -0.135. The quantitative estimate of drug-likeness (QED) is 0.605. The standard InChI is InChI=1S/C8H8N2O2/c1-10-7(5-6-9-10)3-2-4-8(11)12/h5-6H,4H2,1H3,(H,11,12). The second-order valence-corrected chi connectivity index (χ2v) is 2.21. The molecular weight excluding hydrogens is 156 g/mol. The van der Waals surface area contributed by atoms with E-state index in [1.54, 1.807) is 24.0 Å². The summed E-state index contributed by atoms with van der Waals surface area (Å²) >= 11 is 0. The highest BCUT2D eigenvalue weighted by atomic mass is 16.4. The Kier molecular flexibility index (Phi) is 2.49. The number of carboxylic acid groups (broad SMARTS) is 1. The van der Waals surface area contributed by atoms with E-state index in [1.807, 2.05) is 0 Å². The Morgan fingerprint density at radius 1 is 1.83 bits per heavy atom. The molecule has 0 spiro atoms. The van der Waals surface area contributed by atoms with Gasteiger partial charge in [-0.05, 0) is 12.0 Å². The highest BCUT2D eigenvalue weighted by Gasteiger charge is 1.92. The van der Waals surface area contributed by atoms with Crippen LogP contribution in [0.3, 0.4) is 0 Å². The summed E-state index contributed by atoms with van der Waals surface area (Å²) in [5, 5.41) is 12.2. The van der Waals surface area contributed by atoms with Gasteiger partial charge in [0, 0.05) is 7.05 Å². The van der Waals surface area contributed by atoms with E-state index >= 15 is 0 Å². The van der Waals surface area contributed by atoms with Gasteiger partial charge in [0.25, 0.3) is 0 Å². The fourth-order valence-electron chi connectivity index (χ4n) is 0.707. The molecule has 0 amide bonds. The van der Waals surface area contributed by atoms with Crippen molar-refractivity contribution in [2.75, 3.05) is 0 Å². The van der Waals surface area contributed by atoms with E-state index in [2.05, 4.69) is 16.9 Å². The van der Waals surface area contributed by atoms with Crippen LogP contribution in [0.25, 0.3) is 0 Å². The summed E-state index contributed by atoms with van der Waals surface area (Å²) in [4.78, 5) is 10.1. The summed E-state index contributed by atoms with van der Waals surface area (Å²) in [5.74, 6) is 4.30. The first kappa shape index (κ1) is 8.34. The van der Waals surface area contributed by atoms with Crippen molar-refractivity contribution in [3.05, 3.63) is 18.0 Å². The molecule has 0 atom stereocenters. The molecule has 1 heterocycles. The minimum Gasteiger partial charge on any atom is -0.481 e. The zero-order chi connectivity index (χ0) is 8.97. The summed E-state index contributed by atoms with van der Waals surface area (Å²) in [6.07, 6.45) is 1.48. The van der Waals surface area contributed by atoms with Crippen LogP contribution in [0, 0.1) is 11.8 Å². The molecule has 0 unspecified atom stereocenters. The molecule has 4 nitrogen and oxygen atoms in total. The van der Waals surface area contributed by atoms with Gasteiger partial charge in [-0.2, -0.15) is 5.10 Å². The lowest BCUT2D eigenvalue weighted by Crippen LogP contribution is -1.94. The van der Waals surface area contributed by atoms with Crippen LogP contribution in [0.4, 0.5) is 0 Å². The van der Waals surface area contributed by atoms with Gasteiger partial charge in [-0.25, -0.2) is 0 Å². The van der Waals surface area contributed by atoms with Crippen molar-refractivity contribution in [3.8, 4) is 11.8 Å². The third-order valence-electron chi connectivity index (χ3n) is 1.28. The largest absolute Gasteiger partial charge is 0.481 e. The maximum atomic E-state index is 10.1. The highest BCUT2D eigenvalue weighted by molar-refractivity contribution is 5.70. The van der Waals surface area contributed by atoms with Crippen LogP contribution in [0.2, 0.25) is 0 Å². The average molecular weight is 164 g/mol. The first-order valence-corrected chi connectivity index (χ1v) is 3.39. The smallest absolute Gasteiger partial charge is 0.315 e. The van der Waals surface area contributed by atoms with Gasteiger partial charge >= 0.3 is 5.97 Å². The van der Waals surface area contributed by atoms with Crippen LogP contribution in [-0.4, -0.2) is 20.9 Å². The third-order valence-corrected chi connectivity index (χ3v) is 1.28. The van der Waals surface area contributed by atoms with Crippen LogP contribution in [-0.2, 0) is 11.8 Å². The predicted molar refractivity (Wildman–Crippen MR) is 42.3 cm³/mol. The summed E-state index contributed by atoms with van der Waals surface area (Å²) in [6.45, 7) is 0. The lowest BCUT2D eigenvalue weighted by Gasteiger charge is -1.88. The molecule has 12 heavy (non-hydrogen) atoms. The predicted octanol–water partition coefficient (Wildman–Crippen LogP) is 0.246. The number of carbonyl (C=O) groups is 1. The summed E-state index contributed by atoms with van der Waals surface area (Å²) < 4.78 is 1.59. The molecule has 0 aliphatic heterocycles. The van der Waals surface area contributed by atoms with Gasteiger partial charge < -0.3 is 5.11 Å². The van der Waals surface area contributed by atoms with E-state index in [0.717, 1.165) is 5.69 Å². The van der Waals surface area contributed by atoms with Crippen molar-refractivity contribution in [1.29, 1.82) is 0 Å². The van der Waals surface area contributed by atoms with Crippen LogP contribution in [0.5, 0.6) is 0 Å². The Morgan fingerprint density at radius 3 is 3.08 bits per heavy atom. The molecule has 0 aromatic carbocycles. The number of carboxylic acids is 1. The van der Waals surface area contributed by atoms with Gasteiger partial charge in [0.2, 0.25) is 0 Å². The van der Waals surface area contributed by atoms with E-state index in [9.17, 15) is 4.79 Å². The Morgan fingerprint density at radius 2 is 2.58 bits per heavy atom. The number of aryl methyl sites for hydroxylation is 1. The molecule has 1 N–H and O–H groups in total. The van der Waals surface area contributed by atoms with Gasteiger partial charge in [0.15, 0.2) is 0 Å². The Labute approximate surface area is 69.8 Å². The Bertz CT molecular complexity index is 343. The van der Waals surface area contributed by atoms with E-state index < -0.39 is 5.97 Å². The van der Waals surface area contributed by atoms with Crippen molar-refractivity contribution < 1.29 is 9.90 Å². The van der Waals surface area contributed by atoms with Gasteiger partial charge in [0.1, 0.15) is 12.1 Å². The second-order valence-electron chi connectivity index (χ2n) is 2.21. The summed E-state index contributed by atoms with van der Waals surface area (Å²) in [7, 11) is 1.75. The van der Waals surface area contributed by atoms with Crippen LogP contribution < -0.4 is 0 Å². The average Bonchev–Trinajstić information content (AvgIpc) is 2.36. The van der Waals surface area contributed by atoms with Crippen LogP contribution >= 0.6 is 0 Å². The lowest BCUT2D eigenvalue weighted by atomic mass is 10.4. The summed E-state index contributed by atoms with van der Waals surface area (Å²) in [6, 6.07) is 1.73. The molecule has 62 valence electrons. The van der Waals surface area contributed by atoms with Crippen molar-refractivity contribution in [1.82, 2.24) is 9.78 Å². The Hall–Kier alpha value is -1.76. The van der Waals surface area contributed by atoms with E-state index in [0.29, 0.717) is 0 Å².